The molecule has 0 spiro atoms. The number of hydrogen-bond acceptors (Lipinski definition) is 5. The first kappa shape index (κ1) is 22.9. The average molecular weight is 360 g/mol. The van der Waals surface area contributed by atoms with Crippen LogP contribution in [0.1, 0.15) is 52.9 Å². The Labute approximate surface area is 150 Å². The highest BCUT2D eigenvalue weighted by atomic mass is 32.2. The molecule has 7 heteroatoms. The maximum absolute atomic E-state index is 11.7. The molecule has 0 aromatic heterocycles. The number of thioether (sulfide) groups is 1. The van der Waals surface area contributed by atoms with E-state index in [2.05, 4.69) is 16.0 Å². The standard InChI is InChI=1S/C17H33N3O3S/c1-4-15(21)14(18-5-2)9-7-8-11-20-16(22)10-12-24-13-17(23)19-6-3/h14,18H,4-13H2,1-3H3,(H,19,23)(H,20,22). The van der Waals surface area contributed by atoms with Crippen LogP contribution in [0.3, 0.4) is 0 Å². The Morgan fingerprint density at radius 3 is 2.33 bits per heavy atom. The van der Waals surface area contributed by atoms with E-state index in [0.29, 0.717) is 37.4 Å². The van der Waals surface area contributed by atoms with Crippen LogP contribution in [0, 0.1) is 0 Å². The highest BCUT2D eigenvalue weighted by molar-refractivity contribution is 7.99. The Balaban J connectivity index is 3.64. The first-order chi connectivity index (χ1) is 11.5. The van der Waals surface area contributed by atoms with Crippen LogP contribution < -0.4 is 16.0 Å². The van der Waals surface area contributed by atoms with Crippen molar-refractivity contribution in [2.45, 2.75) is 58.9 Å². The number of Topliss-reactive ketones (excluding diaryl/α,β-unsaturated/α-hetero) is 1. The molecule has 0 aromatic rings. The molecule has 2 amide bonds. The Hall–Kier alpha value is -1.08. The summed E-state index contributed by atoms with van der Waals surface area (Å²) in [5, 5.41) is 8.82. The molecule has 0 bridgehead atoms. The molecule has 24 heavy (non-hydrogen) atoms. The number of rotatable bonds is 15. The predicted octanol–water partition coefficient (Wildman–Crippen LogP) is 1.49. The van der Waals surface area contributed by atoms with Gasteiger partial charge in [0.05, 0.1) is 11.8 Å². The van der Waals surface area contributed by atoms with E-state index in [1.807, 2.05) is 20.8 Å². The summed E-state index contributed by atoms with van der Waals surface area (Å²) in [5.41, 5.74) is 0. The third kappa shape index (κ3) is 12.4. The lowest BCUT2D eigenvalue weighted by atomic mass is 10.0. The molecule has 0 aliphatic rings. The van der Waals surface area contributed by atoms with Gasteiger partial charge in [0.2, 0.25) is 11.8 Å². The van der Waals surface area contributed by atoms with Crippen molar-refractivity contribution in [1.82, 2.24) is 16.0 Å². The monoisotopic (exact) mass is 359 g/mol. The Morgan fingerprint density at radius 1 is 0.958 bits per heavy atom. The lowest BCUT2D eigenvalue weighted by Crippen LogP contribution is -2.36. The predicted molar refractivity (Wildman–Crippen MR) is 100 cm³/mol. The molecule has 0 aliphatic carbocycles. The van der Waals surface area contributed by atoms with Gasteiger partial charge in [-0.25, -0.2) is 0 Å². The SMILES string of the molecule is CCNC(=O)CSCCC(=O)NCCCCC(NCC)C(=O)CC. The van der Waals surface area contributed by atoms with Gasteiger partial charge in [-0.3, -0.25) is 14.4 Å². The van der Waals surface area contributed by atoms with Gasteiger partial charge in [0.25, 0.3) is 0 Å². The fourth-order valence-electron chi connectivity index (χ4n) is 2.24. The van der Waals surface area contributed by atoms with Gasteiger partial charge in [0.1, 0.15) is 5.78 Å². The largest absolute Gasteiger partial charge is 0.356 e. The van der Waals surface area contributed by atoms with Crippen molar-refractivity contribution < 1.29 is 14.4 Å². The molecule has 3 N–H and O–H groups in total. The van der Waals surface area contributed by atoms with E-state index in [9.17, 15) is 14.4 Å². The first-order valence-electron chi connectivity index (χ1n) is 8.92. The summed E-state index contributed by atoms with van der Waals surface area (Å²) in [6.45, 7) is 7.84. The zero-order valence-electron chi connectivity index (χ0n) is 15.3. The Kier molecular flexibility index (Phi) is 14.8. The fraction of sp³-hybridized carbons (Fsp3) is 0.824. The minimum absolute atomic E-state index is 0.0137. The van der Waals surface area contributed by atoms with E-state index >= 15 is 0 Å². The maximum Gasteiger partial charge on any atom is 0.229 e. The van der Waals surface area contributed by atoms with Gasteiger partial charge < -0.3 is 16.0 Å². The fourth-order valence-corrected chi connectivity index (χ4v) is 3.00. The van der Waals surface area contributed by atoms with Crippen LogP contribution in [0.15, 0.2) is 0 Å². The Morgan fingerprint density at radius 2 is 1.71 bits per heavy atom. The summed E-state index contributed by atoms with van der Waals surface area (Å²) < 4.78 is 0. The van der Waals surface area contributed by atoms with Gasteiger partial charge >= 0.3 is 0 Å². The first-order valence-corrected chi connectivity index (χ1v) is 10.1. The quantitative estimate of drug-likeness (QED) is 0.386. The van der Waals surface area contributed by atoms with E-state index in [4.69, 9.17) is 0 Å². The molecule has 0 fully saturated rings. The summed E-state index contributed by atoms with van der Waals surface area (Å²) in [5.74, 6) is 1.34. The second-order valence-electron chi connectivity index (χ2n) is 5.53. The van der Waals surface area contributed by atoms with Crippen molar-refractivity contribution in [3.05, 3.63) is 0 Å². The number of ketones is 1. The minimum Gasteiger partial charge on any atom is -0.356 e. The summed E-state index contributed by atoms with van der Waals surface area (Å²) in [4.78, 5) is 34.7. The van der Waals surface area contributed by atoms with Crippen molar-refractivity contribution in [3.63, 3.8) is 0 Å². The van der Waals surface area contributed by atoms with Crippen LogP contribution >= 0.6 is 11.8 Å². The van der Waals surface area contributed by atoms with Gasteiger partial charge in [0.15, 0.2) is 0 Å². The lowest BCUT2D eigenvalue weighted by molar-refractivity contribution is -0.121. The molecule has 1 unspecified atom stereocenters. The van der Waals surface area contributed by atoms with Gasteiger partial charge in [-0.1, -0.05) is 13.8 Å². The van der Waals surface area contributed by atoms with Crippen LogP contribution in [-0.4, -0.2) is 54.8 Å². The molecule has 0 heterocycles. The van der Waals surface area contributed by atoms with Crippen LogP contribution in [-0.2, 0) is 14.4 Å². The van der Waals surface area contributed by atoms with E-state index in [1.165, 1.54) is 11.8 Å². The lowest BCUT2D eigenvalue weighted by Gasteiger charge is -2.15. The third-order valence-electron chi connectivity index (χ3n) is 3.51. The number of amides is 2. The van der Waals surface area contributed by atoms with Crippen molar-refractivity contribution in [3.8, 4) is 0 Å². The summed E-state index contributed by atoms with van der Waals surface area (Å²) in [6.07, 6.45) is 3.59. The van der Waals surface area contributed by atoms with E-state index in [-0.39, 0.29) is 23.6 Å². The summed E-state index contributed by atoms with van der Waals surface area (Å²) in [6, 6.07) is -0.0543. The van der Waals surface area contributed by atoms with Gasteiger partial charge in [0, 0.05) is 31.7 Å². The molecule has 140 valence electrons. The molecule has 0 aliphatic heterocycles. The number of carbonyl (C=O) groups is 3. The van der Waals surface area contributed by atoms with Gasteiger partial charge in [-0.15, -0.1) is 0 Å². The number of unbranched alkanes of at least 4 members (excludes halogenated alkanes) is 1. The van der Waals surface area contributed by atoms with Crippen LogP contribution in [0.5, 0.6) is 0 Å². The molecule has 6 nitrogen and oxygen atoms in total. The van der Waals surface area contributed by atoms with Crippen molar-refractivity contribution in [2.24, 2.45) is 0 Å². The molecule has 0 radical (unpaired) electrons. The minimum atomic E-state index is -0.0543. The van der Waals surface area contributed by atoms with E-state index < -0.39 is 0 Å². The van der Waals surface area contributed by atoms with Crippen LogP contribution in [0.2, 0.25) is 0 Å². The summed E-state index contributed by atoms with van der Waals surface area (Å²) in [7, 11) is 0. The van der Waals surface area contributed by atoms with Crippen molar-refractivity contribution >= 4 is 29.4 Å². The second-order valence-corrected chi connectivity index (χ2v) is 6.64. The third-order valence-corrected chi connectivity index (χ3v) is 4.47. The molecule has 1 atom stereocenters. The number of likely N-dealkylation sites (N-methyl/N-ethyl adjacent to an activating group) is 1. The summed E-state index contributed by atoms with van der Waals surface area (Å²) >= 11 is 1.47. The zero-order valence-corrected chi connectivity index (χ0v) is 16.1. The molecule has 0 aromatic carbocycles. The number of nitrogens with one attached hydrogen (secondary N) is 3. The number of hydrogen-bond donors (Lipinski definition) is 3. The second kappa shape index (κ2) is 15.4. The highest BCUT2D eigenvalue weighted by Crippen LogP contribution is 2.05. The average Bonchev–Trinajstić information content (AvgIpc) is 2.57. The molecule has 0 saturated heterocycles. The highest BCUT2D eigenvalue weighted by Gasteiger charge is 2.14. The van der Waals surface area contributed by atoms with Crippen molar-refractivity contribution in [1.29, 1.82) is 0 Å². The smallest absolute Gasteiger partial charge is 0.229 e. The topological polar surface area (TPSA) is 87.3 Å². The van der Waals surface area contributed by atoms with Crippen LogP contribution in [0.4, 0.5) is 0 Å². The molecular weight excluding hydrogens is 326 g/mol. The van der Waals surface area contributed by atoms with Gasteiger partial charge in [-0.05, 0) is 32.7 Å². The molecule has 0 saturated carbocycles. The Bertz CT molecular complexity index is 378. The molecular formula is C17H33N3O3S. The number of carbonyl (C=O) groups excluding carboxylic acids is 3. The maximum atomic E-state index is 11.7. The zero-order chi connectivity index (χ0) is 18.2. The molecule has 0 rings (SSSR count). The van der Waals surface area contributed by atoms with Crippen molar-refractivity contribution in [2.75, 3.05) is 31.1 Å². The van der Waals surface area contributed by atoms with Gasteiger partial charge in [-0.2, -0.15) is 11.8 Å². The van der Waals surface area contributed by atoms with Crippen LogP contribution in [0.25, 0.3) is 0 Å². The normalized spacial score (nSPS) is 11.8. The van der Waals surface area contributed by atoms with E-state index in [1.54, 1.807) is 0 Å². The van der Waals surface area contributed by atoms with E-state index in [0.717, 1.165) is 25.8 Å².